The van der Waals surface area contributed by atoms with Gasteiger partial charge < -0.3 is 19.9 Å². The number of rotatable bonds is 2. The highest BCUT2D eigenvalue weighted by Crippen LogP contribution is 2.16. The van der Waals surface area contributed by atoms with Crippen molar-refractivity contribution in [1.82, 2.24) is 15.2 Å². The third-order valence-electron chi connectivity index (χ3n) is 3.85. The average Bonchev–Trinajstić information content (AvgIpc) is 2.56. The summed E-state index contributed by atoms with van der Waals surface area (Å²) in [7, 11) is 0. The number of ether oxygens (including phenoxy) is 1. The molecule has 9 heteroatoms. The summed E-state index contributed by atoms with van der Waals surface area (Å²) in [6, 6.07) is 3.56. The molecular formula is C14H21Cl3N4O2. The van der Waals surface area contributed by atoms with Gasteiger partial charge in [0, 0.05) is 38.9 Å². The van der Waals surface area contributed by atoms with Crippen molar-refractivity contribution in [3.63, 3.8) is 0 Å². The first-order valence-corrected chi connectivity index (χ1v) is 7.58. The molecule has 1 aromatic rings. The van der Waals surface area contributed by atoms with E-state index >= 15 is 0 Å². The Morgan fingerprint density at radius 3 is 2.57 bits per heavy atom. The number of hydrogen-bond acceptors (Lipinski definition) is 5. The van der Waals surface area contributed by atoms with Crippen LogP contribution in [-0.2, 0) is 9.53 Å². The number of pyridine rings is 1. The minimum atomic E-state index is -0.195. The van der Waals surface area contributed by atoms with Gasteiger partial charge in [-0.15, -0.1) is 24.8 Å². The van der Waals surface area contributed by atoms with Crippen molar-refractivity contribution < 1.29 is 9.53 Å². The summed E-state index contributed by atoms with van der Waals surface area (Å²) in [5.74, 6) is 1.05. The highest BCUT2D eigenvalue weighted by Gasteiger charge is 2.28. The van der Waals surface area contributed by atoms with E-state index < -0.39 is 0 Å². The molecule has 3 heterocycles. The topological polar surface area (TPSA) is 57.7 Å². The Morgan fingerprint density at radius 2 is 2.00 bits per heavy atom. The lowest BCUT2D eigenvalue weighted by Crippen LogP contribution is -2.57. The van der Waals surface area contributed by atoms with Crippen LogP contribution in [0.2, 0.25) is 5.02 Å². The van der Waals surface area contributed by atoms with Crippen LogP contribution in [0.5, 0.6) is 0 Å². The van der Waals surface area contributed by atoms with Gasteiger partial charge in [-0.2, -0.15) is 0 Å². The molecule has 0 saturated carbocycles. The van der Waals surface area contributed by atoms with Crippen LogP contribution in [0.15, 0.2) is 18.3 Å². The first kappa shape index (κ1) is 20.3. The summed E-state index contributed by atoms with van der Waals surface area (Å²) < 4.78 is 5.35. The first-order chi connectivity index (χ1) is 10.2. The number of aromatic nitrogens is 1. The number of nitrogens with one attached hydrogen (secondary N) is 1. The molecule has 2 aliphatic heterocycles. The average molecular weight is 384 g/mol. The maximum absolute atomic E-state index is 12.4. The summed E-state index contributed by atoms with van der Waals surface area (Å²) >= 11 is 5.85. The second-order valence-corrected chi connectivity index (χ2v) is 5.67. The fraction of sp³-hybridized carbons (Fsp3) is 0.571. The molecule has 1 atom stereocenters. The van der Waals surface area contributed by atoms with Gasteiger partial charge in [0.25, 0.3) is 0 Å². The predicted octanol–water partition coefficient (Wildman–Crippen LogP) is 1.22. The largest absolute Gasteiger partial charge is 0.378 e. The molecule has 1 N–H and O–H groups in total. The van der Waals surface area contributed by atoms with E-state index in [0.29, 0.717) is 31.3 Å². The van der Waals surface area contributed by atoms with Crippen molar-refractivity contribution in [3.05, 3.63) is 23.4 Å². The normalized spacial score (nSPS) is 21.2. The van der Waals surface area contributed by atoms with Crippen LogP contribution in [0, 0.1) is 0 Å². The number of morpholine rings is 1. The number of carbonyl (C=O) groups excluding carboxylic acids is 1. The molecule has 3 rings (SSSR count). The van der Waals surface area contributed by atoms with Gasteiger partial charge in [0.05, 0.1) is 18.2 Å². The molecule has 1 unspecified atom stereocenters. The van der Waals surface area contributed by atoms with Crippen molar-refractivity contribution in [3.8, 4) is 0 Å². The van der Waals surface area contributed by atoms with Gasteiger partial charge in [-0.3, -0.25) is 4.79 Å². The Kier molecular flexibility index (Phi) is 8.36. The molecule has 2 aliphatic rings. The van der Waals surface area contributed by atoms with E-state index in [1.165, 1.54) is 0 Å². The lowest BCUT2D eigenvalue weighted by Gasteiger charge is -2.37. The molecule has 0 spiro atoms. The SMILES string of the molecule is Cl.Cl.O=C(C1COCCN1)N1CCN(c2ccc(Cl)cn2)CC1. The van der Waals surface area contributed by atoms with Crippen LogP contribution < -0.4 is 10.2 Å². The van der Waals surface area contributed by atoms with Gasteiger partial charge in [-0.05, 0) is 12.1 Å². The molecule has 6 nitrogen and oxygen atoms in total. The van der Waals surface area contributed by atoms with Gasteiger partial charge >= 0.3 is 0 Å². The molecule has 1 amide bonds. The maximum Gasteiger partial charge on any atom is 0.242 e. The highest BCUT2D eigenvalue weighted by atomic mass is 35.5. The second kappa shape index (κ2) is 9.49. The van der Waals surface area contributed by atoms with E-state index in [4.69, 9.17) is 16.3 Å². The van der Waals surface area contributed by atoms with Crippen molar-refractivity contribution in [2.24, 2.45) is 0 Å². The van der Waals surface area contributed by atoms with Gasteiger partial charge in [0.2, 0.25) is 5.91 Å². The number of hydrogen-bond donors (Lipinski definition) is 1. The third-order valence-corrected chi connectivity index (χ3v) is 4.07. The van der Waals surface area contributed by atoms with Crippen LogP contribution >= 0.6 is 36.4 Å². The molecule has 0 aliphatic carbocycles. The summed E-state index contributed by atoms with van der Waals surface area (Å²) in [5, 5.41) is 3.84. The Labute approximate surface area is 153 Å². The summed E-state index contributed by atoms with van der Waals surface area (Å²) in [5.41, 5.74) is 0. The minimum Gasteiger partial charge on any atom is -0.378 e. The number of anilines is 1. The molecule has 130 valence electrons. The Balaban J connectivity index is 0.00000132. The molecule has 0 bridgehead atoms. The number of piperazine rings is 1. The Morgan fingerprint density at radius 1 is 1.26 bits per heavy atom. The second-order valence-electron chi connectivity index (χ2n) is 5.23. The molecule has 0 aromatic carbocycles. The van der Waals surface area contributed by atoms with E-state index in [1.54, 1.807) is 6.20 Å². The van der Waals surface area contributed by atoms with E-state index in [2.05, 4.69) is 15.2 Å². The van der Waals surface area contributed by atoms with Gasteiger partial charge in [0.1, 0.15) is 11.9 Å². The third kappa shape index (κ3) is 5.09. The maximum atomic E-state index is 12.4. The van der Waals surface area contributed by atoms with E-state index in [9.17, 15) is 4.79 Å². The zero-order chi connectivity index (χ0) is 14.7. The number of amides is 1. The van der Waals surface area contributed by atoms with Crippen molar-refractivity contribution in [2.75, 3.05) is 50.8 Å². The molecule has 1 aromatic heterocycles. The van der Waals surface area contributed by atoms with Crippen LogP contribution in [0.4, 0.5) is 5.82 Å². The Bertz CT molecular complexity index is 489. The lowest BCUT2D eigenvalue weighted by molar-refractivity contribution is -0.136. The van der Waals surface area contributed by atoms with Crippen LogP contribution in [0.25, 0.3) is 0 Å². The van der Waals surface area contributed by atoms with E-state index in [-0.39, 0.29) is 36.8 Å². The number of carbonyl (C=O) groups is 1. The number of nitrogens with zero attached hydrogens (tertiary/aromatic N) is 3. The quantitative estimate of drug-likeness (QED) is 0.832. The lowest BCUT2D eigenvalue weighted by atomic mass is 10.2. The zero-order valence-corrected chi connectivity index (χ0v) is 15.0. The summed E-state index contributed by atoms with van der Waals surface area (Å²) in [6.45, 7) is 4.88. The van der Waals surface area contributed by atoms with Crippen molar-refractivity contribution in [1.29, 1.82) is 0 Å². The Hall–Kier alpha value is -0.790. The summed E-state index contributed by atoms with van der Waals surface area (Å²) in [4.78, 5) is 20.8. The van der Waals surface area contributed by atoms with Gasteiger partial charge in [-0.1, -0.05) is 11.6 Å². The molecular weight excluding hydrogens is 363 g/mol. The van der Waals surface area contributed by atoms with E-state index in [0.717, 1.165) is 25.5 Å². The first-order valence-electron chi connectivity index (χ1n) is 7.20. The van der Waals surface area contributed by atoms with Crippen molar-refractivity contribution >= 4 is 48.1 Å². The van der Waals surface area contributed by atoms with E-state index in [1.807, 2.05) is 17.0 Å². The van der Waals surface area contributed by atoms with Crippen LogP contribution in [0.3, 0.4) is 0 Å². The summed E-state index contributed by atoms with van der Waals surface area (Å²) in [6.07, 6.45) is 1.65. The van der Waals surface area contributed by atoms with Crippen LogP contribution in [0.1, 0.15) is 0 Å². The standard InChI is InChI=1S/C14H19ClN4O2.2ClH/c15-11-1-2-13(17-9-11)18-4-6-19(7-5-18)14(20)12-10-21-8-3-16-12;;/h1-2,9,12,16H,3-8,10H2;2*1H. The predicted molar refractivity (Wildman–Crippen MR) is 95.1 cm³/mol. The van der Waals surface area contributed by atoms with Crippen molar-refractivity contribution in [2.45, 2.75) is 6.04 Å². The molecule has 23 heavy (non-hydrogen) atoms. The number of halogens is 3. The fourth-order valence-corrected chi connectivity index (χ4v) is 2.77. The van der Waals surface area contributed by atoms with Crippen LogP contribution in [-0.4, -0.2) is 67.8 Å². The molecule has 2 fully saturated rings. The highest BCUT2D eigenvalue weighted by molar-refractivity contribution is 6.30. The van der Waals surface area contributed by atoms with Gasteiger partial charge in [-0.25, -0.2) is 4.98 Å². The monoisotopic (exact) mass is 382 g/mol. The molecule has 2 saturated heterocycles. The zero-order valence-electron chi connectivity index (χ0n) is 12.6. The minimum absolute atomic E-state index is 0. The molecule has 0 radical (unpaired) electrons. The smallest absolute Gasteiger partial charge is 0.242 e. The fourth-order valence-electron chi connectivity index (χ4n) is 2.66. The van der Waals surface area contributed by atoms with Gasteiger partial charge in [0.15, 0.2) is 0 Å².